The Morgan fingerprint density at radius 2 is 1.73 bits per heavy atom. The molecule has 0 saturated carbocycles. The van der Waals surface area contributed by atoms with Gasteiger partial charge in [0.05, 0.1) is 28.7 Å². The number of nitrogens with one attached hydrogen (secondary N) is 2. The SMILES string of the molecule is CN(CC(F)(F)F)S(=O)(=O)NC[C@H]1CN(S(=O)(=O)c2ccc(F)c(Cl)c2)c2cc(NC(=O)OC(C)(C)C(F)(F)F)ccc2O1. The van der Waals surface area contributed by atoms with E-state index in [0.29, 0.717) is 25.2 Å². The summed E-state index contributed by atoms with van der Waals surface area (Å²) in [5.41, 5.74) is -3.44. The monoisotopic (exact) mass is 700 g/mol. The molecule has 2 aromatic rings. The van der Waals surface area contributed by atoms with E-state index in [0.717, 1.165) is 36.4 Å². The quantitative estimate of drug-likeness (QED) is 0.364. The molecule has 11 nitrogen and oxygen atoms in total. The third kappa shape index (κ3) is 8.34. The maximum absolute atomic E-state index is 13.8. The van der Waals surface area contributed by atoms with Crippen molar-refractivity contribution in [1.29, 1.82) is 0 Å². The summed E-state index contributed by atoms with van der Waals surface area (Å²) in [6.07, 6.45) is -12.7. The molecule has 1 heterocycles. The van der Waals surface area contributed by atoms with Crippen LogP contribution in [0.5, 0.6) is 5.75 Å². The van der Waals surface area contributed by atoms with Crippen LogP contribution in [-0.2, 0) is 25.0 Å². The molecule has 21 heteroatoms. The molecule has 1 aliphatic heterocycles. The molecular formula is C23H24ClF7N4O7S2. The van der Waals surface area contributed by atoms with Crippen LogP contribution < -0.4 is 19.1 Å². The van der Waals surface area contributed by atoms with E-state index in [9.17, 15) is 52.4 Å². The number of carbonyl (C=O) groups is 1. The number of ether oxygens (including phenoxy) is 2. The molecule has 3 rings (SSSR count). The predicted octanol–water partition coefficient (Wildman–Crippen LogP) is 4.65. The van der Waals surface area contributed by atoms with Gasteiger partial charge in [0.15, 0.2) is 0 Å². The number of sulfonamides is 1. The number of hydrogen-bond donors (Lipinski definition) is 2. The molecule has 0 aromatic heterocycles. The van der Waals surface area contributed by atoms with Crippen LogP contribution >= 0.6 is 11.6 Å². The van der Waals surface area contributed by atoms with Crippen molar-refractivity contribution in [2.75, 3.05) is 36.3 Å². The van der Waals surface area contributed by atoms with E-state index in [1.54, 1.807) is 0 Å². The fourth-order valence-corrected chi connectivity index (χ4v) is 6.27. The Kier molecular flexibility index (Phi) is 9.96. The number of nitrogens with zero attached hydrogens (tertiary/aromatic N) is 2. The first-order chi connectivity index (χ1) is 19.9. The molecule has 246 valence electrons. The smallest absolute Gasteiger partial charge is 0.427 e. The number of carbonyl (C=O) groups excluding carboxylic acids is 1. The van der Waals surface area contributed by atoms with Gasteiger partial charge in [-0.15, -0.1) is 0 Å². The van der Waals surface area contributed by atoms with Gasteiger partial charge in [0, 0.05) is 12.7 Å². The van der Waals surface area contributed by atoms with Crippen molar-refractivity contribution in [3.05, 3.63) is 47.2 Å². The van der Waals surface area contributed by atoms with Crippen LogP contribution in [0.4, 0.5) is 46.9 Å². The molecule has 2 aromatic carbocycles. The number of rotatable bonds is 9. The molecule has 44 heavy (non-hydrogen) atoms. The van der Waals surface area contributed by atoms with Crippen molar-refractivity contribution < 1.29 is 61.8 Å². The van der Waals surface area contributed by atoms with Crippen molar-refractivity contribution in [3.8, 4) is 5.75 Å². The number of alkyl halides is 6. The molecule has 2 N–H and O–H groups in total. The van der Waals surface area contributed by atoms with E-state index in [2.05, 4.69) is 4.74 Å². The molecule has 0 saturated heterocycles. The number of benzene rings is 2. The van der Waals surface area contributed by atoms with E-state index in [1.807, 2.05) is 10.0 Å². The fraction of sp³-hybridized carbons (Fsp3) is 0.435. The first-order valence-corrected chi connectivity index (χ1v) is 15.3. The minimum absolute atomic E-state index is 0.0180. The average molecular weight is 701 g/mol. The van der Waals surface area contributed by atoms with Gasteiger partial charge in [-0.2, -0.15) is 43.8 Å². The highest BCUT2D eigenvalue weighted by molar-refractivity contribution is 7.92. The van der Waals surface area contributed by atoms with Gasteiger partial charge in [-0.25, -0.2) is 17.6 Å². The van der Waals surface area contributed by atoms with Crippen molar-refractivity contribution in [3.63, 3.8) is 0 Å². The predicted molar refractivity (Wildman–Crippen MR) is 143 cm³/mol. The molecule has 0 radical (unpaired) electrons. The van der Waals surface area contributed by atoms with E-state index >= 15 is 0 Å². The van der Waals surface area contributed by atoms with Gasteiger partial charge >= 0.3 is 18.4 Å². The summed E-state index contributed by atoms with van der Waals surface area (Å²) in [7, 11) is -8.71. The molecular weight excluding hydrogens is 677 g/mol. The molecule has 0 bridgehead atoms. The summed E-state index contributed by atoms with van der Waals surface area (Å²) in [6, 6.07) is 5.60. The Hall–Kier alpha value is -3.07. The molecule has 1 amide bonds. The van der Waals surface area contributed by atoms with Crippen LogP contribution in [0, 0.1) is 5.82 Å². The van der Waals surface area contributed by atoms with Gasteiger partial charge in [-0.3, -0.25) is 9.62 Å². The van der Waals surface area contributed by atoms with Crippen molar-refractivity contribution in [2.24, 2.45) is 0 Å². The largest absolute Gasteiger partial charge is 0.485 e. The highest BCUT2D eigenvalue weighted by Gasteiger charge is 2.51. The fourth-order valence-electron chi connectivity index (χ4n) is 3.57. The lowest BCUT2D eigenvalue weighted by atomic mass is 10.1. The van der Waals surface area contributed by atoms with Crippen LogP contribution in [0.1, 0.15) is 13.8 Å². The van der Waals surface area contributed by atoms with Crippen LogP contribution in [0.2, 0.25) is 5.02 Å². The Balaban J connectivity index is 1.96. The Morgan fingerprint density at radius 1 is 1.09 bits per heavy atom. The molecule has 0 spiro atoms. The summed E-state index contributed by atoms with van der Waals surface area (Å²) < 4.78 is 156. The maximum atomic E-state index is 13.8. The summed E-state index contributed by atoms with van der Waals surface area (Å²) in [6.45, 7) is -2.01. The van der Waals surface area contributed by atoms with Crippen LogP contribution in [0.3, 0.4) is 0 Å². The number of hydrogen-bond acceptors (Lipinski definition) is 7. The van der Waals surface area contributed by atoms with Gasteiger partial charge in [0.1, 0.15) is 24.2 Å². The van der Waals surface area contributed by atoms with Crippen molar-refractivity contribution in [1.82, 2.24) is 9.03 Å². The zero-order valence-corrected chi connectivity index (χ0v) is 25.1. The number of halogens is 8. The number of fused-ring (bicyclic) bond motifs is 1. The third-order valence-electron chi connectivity index (χ3n) is 5.95. The lowest BCUT2D eigenvalue weighted by Crippen LogP contribution is -2.51. The Morgan fingerprint density at radius 3 is 2.30 bits per heavy atom. The first kappa shape index (κ1) is 35.4. The summed E-state index contributed by atoms with van der Waals surface area (Å²) in [5.74, 6) is -1.19. The summed E-state index contributed by atoms with van der Waals surface area (Å²) in [5, 5.41) is 1.47. The Bertz CT molecular complexity index is 1620. The summed E-state index contributed by atoms with van der Waals surface area (Å²) in [4.78, 5) is 11.7. The highest BCUT2D eigenvalue weighted by atomic mass is 35.5. The lowest BCUT2D eigenvalue weighted by molar-refractivity contribution is -0.242. The van der Waals surface area contributed by atoms with Gasteiger partial charge in [-0.05, 0) is 50.2 Å². The zero-order valence-electron chi connectivity index (χ0n) is 22.8. The molecule has 0 fully saturated rings. The van der Waals surface area contributed by atoms with Crippen molar-refractivity contribution >= 4 is 49.3 Å². The standard InChI is InChI=1S/C23H24ClF7N4O7S2/c1-21(2,23(29,30)31)42-20(36)33-13-4-7-19-18(8-13)35(43(37,38)15-5-6-17(25)16(24)9-15)11-14(41-19)10-32-44(39,40)34(3)12-22(26,27)28/h4-9,14,32H,10-12H2,1-3H3,(H,33,36)/t14-/m0/s1. The number of amides is 1. The molecule has 0 unspecified atom stereocenters. The second kappa shape index (κ2) is 12.4. The second-order valence-electron chi connectivity index (χ2n) is 9.78. The van der Waals surface area contributed by atoms with Gasteiger partial charge in [0.25, 0.3) is 20.2 Å². The van der Waals surface area contributed by atoms with Gasteiger partial charge in [0.2, 0.25) is 5.60 Å². The lowest BCUT2D eigenvalue weighted by Gasteiger charge is -2.36. The van der Waals surface area contributed by atoms with E-state index in [1.165, 1.54) is 0 Å². The highest BCUT2D eigenvalue weighted by Crippen LogP contribution is 2.40. The Labute approximate surface area is 252 Å². The van der Waals surface area contributed by atoms with Crippen LogP contribution in [0.25, 0.3) is 0 Å². The van der Waals surface area contributed by atoms with E-state index < -0.39 is 85.8 Å². The average Bonchev–Trinajstić information content (AvgIpc) is 2.86. The molecule has 0 aliphatic carbocycles. The first-order valence-electron chi connectivity index (χ1n) is 12.1. The zero-order chi connectivity index (χ0) is 33.5. The third-order valence-corrected chi connectivity index (χ3v) is 9.50. The van der Waals surface area contributed by atoms with Crippen LogP contribution in [0.15, 0.2) is 41.3 Å². The second-order valence-corrected chi connectivity index (χ2v) is 13.9. The van der Waals surface area contributed by atoms with E-state index in [4.69, 9.17) is 16.3 Å². The summed E-state index contributed by atoms with van der Waals surface area (Å²) >= 11 is 5.74. The molecule has 1 aliphatic rings. The van der Waals surface area contributed by atoms with Gasteiger partial charge < -0.3 is 9.47 Å². The topological polar surface area (TPSA) is 134 Å². The van der Waals surface area contributed by atoms with Crippen LogP contribution in [-0.4, -0.2) is 78.0 Å². The van der Waals surface area contributed by atoms with Gasteiger partial charge in [-0.1, -0.05) is 11.6 Å². The minimum Gasteiger partial charge on any atom is -0.485 e. The van der Waals surface area contributed by atoms with Crippen molar-refractivity contribution in [2.45, 2.75) is 42.8 Å². The molecule has 1 atom stereocenters. The normalized spacial score (nSPS) is 16.4. The van der Waals surface area contributed by atoms with E-state index in [-0.39, 0.29) is 21.4 Å². The number of anilines is 2. The maximum Gasteiger partial charge on any atom is 0.427 e. The minimum atomic E-state index is -4.92.